The number of rotatable bonds is 12. The lowest BCUT2D eigenvalue weighted by molar-refractivity contribution is -0.150. The van der Waals surface area contributed by atoms with E-state index in [0.717, 1.165) is 33.7 Å². The lowest BCUT2D eigenvalue weighted by Crippen LogP contribution is -2.59. The number of methoxy groups -OCH3 is 1. The summed E-state index contributed by atoms with van der Waals surface area (Å²) in [6.07, 6.45) is 0.157. The second-order valence-electron chi connectivity index (χ2n) is 8.53. The number of carboxylic acid groups (broad SMARTS) is 1. The molecule has 0 radical (unpaired) electrons. The molecule has 3 aromatic rings. The number of hydrogen-bond donors (Lipinski definition) is 2. The Balaban J connectivity index is 1.88. The monoisotopic (exact) mass is 504 g/mol. The van der Waals surface area contributed by atoms with Gasteiger partial charge in [-0.3, -0.25) is 4.79 Å². The van der Waals surface area contributed by atoms with Crippen LogP contribution < -0.4 is 5.43 Å². The van der Waals surface area contributed by atoms with E-state index in [9.17, 15) is 19.5 Å². The third kappa shape index (κ3) is 8.18. The van der Waals surface area contributed by atoms with Gasteiger partial charge in [0.1, 0.15) is 12.6 Å². The molecule has 0 heterocycles. The fourth-order valence-corrected chi connectivity index (χ4v) is 3.82. The van der Waals surface area contributed by atoms with Gasteiger partial charge in [0.05, 0.1) is 7.11 Å². The van der Waals surface area contributed by atoms with Crippen LogP contribution >= 0.6 is 0 Å². The quantitative estimate of drug-likeness (QED) is 0.282. The van der Waals surface area contributed by atoms with Gasteiger partial charge in [-0.05, 0) is 28.7 Å². The van der Waals surface area contributed by atoms with Crippen molar-refractivity contribution in [2.75, 3.05) is 7.11 Å². The molecule has 0 bridgehead atoms. The Labute approximate surface area is 216 Å². The van der Waals surface area contributed by atoms with E-state index in [1.165, 1.54) is 7.11 Å². The van der Waals surface area contributed by atoms with Gasteiger partial charge in [0.15, 0.2) is 6.04 Å². The van der Waals surface area contributed by atoms with Gasteiger partial charge >= 0.3 is 18.0 Å². The van der Waals surface area contributed by atoms with Gasteiger partial charge < -0.3 is 14.6 Å². The number of aryl methyl sites for hydroxylation is 1. The van der Waals surface area contributed by atoms with Crippen molar-refractivity contribution in [3.8, 4) is 0 Å². The molecule has 0 saturated carbocycles. The van der Waals surface area contributed by atoms with E-state index in [2.05, 4.69) is 5.43 Å². The first-order valence-corrected chi connectivity index (χ1v) is 12.1. The van der Waals surface area contributed by atoms with E-state index in [1.54, 1.807) is 12.1 Å². The summed E-state index contributed by atoms with van der Waals surface area (Å²) in [6.45, 7) is 1.99. The second-order valence-corrected chi connectivity index (χ2v) is 8.53. The van der Waals surface area contributed by atoms with Crippen molar-refractivity contribution in [3.63, 3.8) is 0 Å². The molecule has 194 valence electrons. The maximum atomic E-state index is 13.3. The van der Waals surface area contributed by atoms with Crippen LogP contribution in [0.15, 0.2) is 84.9 Å². The minimum atomic E-state index is -1.21. The highest BCUT2D eigenvalue weighted by molar-refractivity contribution is 5.82. The molecule has 2 N–H and O–H groups in total. The molecule has 0 aliphatic heterocycles. The minimum absolute atomic E-state index is 0.0483. The fourth-order valence-electron chi connectivity index (χ4n) is 3.82. The zero-order chi connectivity index (χ0) is 26.6. The van der Waals surface area contributed by atoms with Gasteiger partial charge in [-0.25, -0.2) is 20.0 Å². The Morgan fingerprint density at radius 1 is 0.811 bits per heavy atom. The number of hydrogen-bond acceptors (Lipinski definition) is 6. The van der Waals surface area contributed by atoms with Crippen LogP contribution in [0.2, 0.25) is 0 Å². The van der Waals surface area contributed by atoms with Crippen molar-refractivity contribution < 1.29 is 29.0 Å². The molecule has 2 atom stereocenters. The number of ether oxygens (including phenoxy) is 2. The molecule has 0 fully saturated rings. The van der Waals surface area contributed by atoms with Crippen LogP contribution in [0.4, 0.5) is 4.79 Å². The molecule has 8 heteroatoms. The number of amides is 1. The van der Waals surface area contributed by atoms with Crippen molar-refractivity contribution >= 4 is 18.0 Å². The number of carbonyl (C=O) groups excluding carboxylic acids is 2. The topological polar surface area (TPSA) is 105 Å². The minimum Gasteiger partial charge on any atom is -0.480 e. The van der Waals surface area contributed by atoms with Crippen LogP contribution in [0.3, 0.4) is 0 Å². The predicted octanol–water partition coefficient (Wildman–Crippen LogP) is 4.17. The summed E-state index contributed by atoms with van der Waals surface area (Å²) in [5.74, 6) is -1.88. The Morgan fingerprint density at radius 3 is 1.89 bits per heavy atom. The third-order valence-electron chi connectivity index (χ3n) is 5.92. The van der Waals surface area contributed by atoms with Gasteiger partial charge in [0.25, 0.3) is 0 Å². The molecule has 37 heavy (non-hydrogen) atoms. The summed E-state index contributed by atoms with van der Waals surface area (Å²) in [4.78, 5) is 38.4. The molecule has 0 aromatic heterocycles. The molecule has 0 aliphatic rings. The van der Waals surface area contributed by atoms with Crippen molar-refractivity contribution in [2.45, 2.75) is 44.9 Å². The SMILES string of the molecule is CCc1ccc(C[C@H](NN(C(=O)OCc2ccccc2)[C@@H](Cc2ccccc2)C(=O)OC)C(=O)O)cc1. The van der Waals surface area contributed by atoms with E-state index in [4.69, 9.17) is 9.47 Å². The van der Waals surface area contributed by atoms with Gasteiger partial charge in [-0.1, -0.05) is 91.9 Å². The van der Waals surface area contributed by atoms with Gasteiger partial charge in [-0.15, -0.1) is 0 Å². The number of esters is 1. The summed E-state index contributed by atoms with van der Waals surface area (Å²) in [5, 5.41) is 10.9. The van der Waals surface area contributed by atoms with Crippen molar-refractivity contribution in [3.05, 3.63) is 107 Å². The lowest BCUT2D eigenvalue weighted by Gasteiger charge is -2.32. The smallest absolute Gasteiger partial charge is 0.425 e. The van der Waals surface area contributed by atoms with E-state index in [1.807, 2.05) is 79.7 Å². The van der Waals surface area contributed by atoms with E-state index >= 15 is 0 Å². The lowest BCUT2D eigenvalue weighted by atomic mass is 10.0. The maximum Gasteiger partial charge on any atom is 0.425 e. The first kappa shape index (κ1) is 27.4. The van der Waals surface area contributed by atoms with Crippen LogP contribution in [0.1, 0.15) is 29.2 Å². The number of nitrogens with one attached hydrogen (secondary N) is 1. The molecular formula is C29H32N2O6. The summed E-state index contributed by atoms with van der Waals surface area (Å²) in [6, 6.07) is 23.4. The van der Waals surface area contributed by atoms with Gasteiger partial charge in [0, 0.05) is 12.8 Å². The van der Waals surface area contributed by atoms with Gasteiger partial charge in [0.2, 0.25) is 0 Å². The Hall–Kier alpha value is -4.17. The number of benzene rings is 3. The summed E-state index contributed by atoms with van der Waals surface area (Å²) >= 11 is 0. The molecule has 3 aromatic carbocycles. The Bertz CT molecular complexity index is 1150. The Morgan fingerprint density at radius 2 is 1.35 bits per heavy atom. The summed E-state index contributed by atoms with van der Waals surface area (Å²) < 4.78 is 10.5. The average Bonchev–Trinajstić information content (AvgIpc) is 2.93. The zero-order valence-electron chi connectivity index (χ0n) is 21.0. The van der Waals surface area contributed by atoms with E-state index in [-0.39, 0.29) is 19.4 Å². The highest BCUT2D eigenvalue weighted by atomic mass is 16.6. The van der Waals surface area contributed by atoms with Crippen LogP contribution in [0.25, 0.3) is 0 Å². The molecule has 0 unspecified atom stereocenters. The second kappa shape index (κ2) is 13.8. The number of hydrazine groups is 1. The van der Waals surface area contributed by atoms with Crippen molar-refractivity contribution in [2.24, 2.45) is 0 Å². The normalized spacial score (nSPS) is 12.3. The van der Waals surface area contributed by atoms with Crippen LogP contribution in [0.5, 0.6) is 0 Å². The predicted molar refractivity (Wildman–Crippen MR) is 138 cm³/mol. The molecule has 0 saturated heterocycles. The largest absolute Gasteiger partial charge is 0.480 e. The number of nitrogens with zero attached hydrogens (tertiary/aromatic N) is 1. The van der Waals surface area contributed by atoms with E-state index < -0.39 is 30.1 Å². The molecule has 0 aliphatic carbocycles. The summed E-state index contributed by atoms with van der Waals surface area (Å²) in [5.41, 5.74) is 6.18. The number of carbonyl (C=O) groups is 3. The Kier molecular flexibility index (Phi) is 10.2. The molecule has 8 nitrogen and oxygen atoms in total. The number of carboxylic acids is 1. The van der Waals surface area contributed by atoms with Gasteiger partial charge in [-0.2, -0.15) is 0 Å². The molecule has 3 rings (SSSR count). The first-order valence-electron chi connectivity index (χ1n) is 12.1. The fraction of sp³-hybridized carbons (Fsp3) is 0.276. The van der Waals surface area contributed by atoms with Crippen molar-refractivity contribution in [1.29, 1.82) is 0 Å². The summed E-state index contributed by atoms with van der Waals surface area (Å²) in [7, 11) is 1.22. The third-order valence-corrected chi connectivity index (χ3v) is 5.92. The first-order chi connectivity index (χ1) is 17.9. The van der Waals surface area contributed by atoms with E-state index in [0.29, 0.717) is 0 Å². The average molecular weight is 505 g/mol. The molecular weight excluding hydrogens is 472 g/mol. The zero-order valence-corrected chi connectivity index (χ0v) is 21.0. The van der Waals surface area contributed by atoms with Crippen molar-refractivity contribution in [1.82, 2.24) is 10.4 Å². The highest BCUT2D eigenvalue weighted by Gasteiger charge is 2.35. The maximum absolute atomic E-state index is 13.3. The standard InChI is InChI=1S/C29H32N2O6/c1-3-21-14-16-23(17-15-21)18-25(27(32)33)30-31(29(35)37-20-24-12-8-5-9-13-24)26(28(34)36-2)19-22-10-6-4-7-11-22/h4-17,25-26,30H,3,18-20H2,1-2H3,(H,32,33)/t25-,26-/m0/s1. The number of aliphatic carboxylic acids is 1. The molecule has 1 amide bonds. The molecule has 0 spiro atoms. The van der Waals surface area contributed by atoms with Crippen LogP contribution in [0, 0.1) is 0 Å². The van der Waals surface area contributed by atoms with Crippen LogP contribution in [-0.4, -0.2) is 47.3 Å². The highest BCUT2D eigenvalue weighted by Crippen LogP contribution is 2.15. The van der Waals surface area contributed by atoms with Crippen LogP contribution in [-0.2, 0) is 44.9 Å².